The van der Waals surface area contributed by atoms with E-state index in [1.54, 1.807) is 4.90 Å². The summed E-state index contributed by atoms with van der Waals surface area (Å²) in [5.74, 6) is 0.683. The lowest BCUT2D eigenvalue weighted by Crippen LogP contribution is -2.37. The molecule has 3 heterocycles. The molecule has 27 heavy (non-hydrogen) atoms. The van der Waals surface area contributed by atoms with E-state index in [1.165, 1.54) is 5.56 Å². The smallest absolute Gasteiger partial charge is 0.251 e. The molecule has 7 nitrogen and oxygen atoms in total. The largest absolute Gasteiger partial charge is 0.384 e. The SMILES string of the molecule is Nc1nc2c(c(-c3ccc4c(c3)CCN4)n1)N(c1ccccc1)C(=O)CN2. The maximum absolute atomic E-state index is 12.8. The molecule has 7 heteroatoms. The van der Waals surface area contributed by atoms with Gasteiger partial charge in [0, 0.05) is 23.5 Å². The molecule has 4 N–H and O–H groups in total. The van der Waals surface area contributed by atoms with Gasteiger partial charge in [0.25, 0.3) is 5.91 Å². The average molecular weight is 358 g/mol. The van der Waals surface area contributed by atoms with Crippen LogP contribution in [0.3, 0.4) is 0 Å². The molecule has 1 aromatic heterocycles. The van der Waals surface area contributed by atoms with E-state index in [2.05, 4.69) is 26.7 Å². The highest BCUT2D eigenvalue weighted by Crippen LogP contribution is 2.42. The Hall–Kier alpha value is -3.61. The molecule has 1 amide bonds. The molecular formula is C20H18N6O. The Kier molecular flexibility index (Phi) is 3.46. The molecule has 3 aromatic rings. The molecule has 0 unspecified atom stereocenters. The molecule has 134 valence electrons. The summed E-state index contributed by atoms with van der Waals surface area (Å²) in [6.45, 7) is 1.09. The van der Waals surface area contributed by atoms with Crippen LogP contribution in [-0.2, 0) is 11.2 Å². The highest BCUT2D eigenvalue weighted by Gasteiger charge is 2.31. The van der Waals surface area contributed by atoms with Gasteiger partial charge in [-0.2, -0.15) is 4.98 Å². The highest BCUT2D eigenvalue weighted by molar-refractivity contribution is 6.10. The summed E-state index contributed by atoms with van der Waals surface area (Å²) in [5, 5.41) is 6.44. The highest BCUT2D eigenvalue weighted by atomic mass is 16.2. The first-order chi connectivity index (χ1) is 13.2. The number of carbonyl (C=O) groups is 1. The van der Waals surface area contributed by atoms with E-state index < -0.39 is 0 Å². The molecule has 0 saturated heterocycles. The van der Waals surface area contributed by atoms with Gasteiger partial charge in [-0.1, -0.05) is 24.3 Å². The standard InChI is InChI=1S/C20H18N6O/c21-20-24-17(13-6-7-15-12(10-13)8-9-22-15)18-19(25-20)23-11-16(27)26(18)14-4-2-1-3-5-14/h1-7,10,22H,8-9,11H2,(H3,21,23,24,25). The zero-order chi connectivity index (χ0) is 18.4. The third kappa shape index (κ3) is 2.55. The summed E-state index contributed by atoms with van der Waals surface area (Å²) in [5.41, 5.74) is 11.3. The van der Waals surface area contributed by atoms with Crippen LogP contribution in [0, 0.1) is 0 Å². The lowest BCUT2D eigenvalue weighted by molar-refractivity contribution is -0.116. The van der Waals surface area contributed by atoms with E-state index in [1.807, 2.05) is 42.5 Å². The number of aromatic nitrogens is 2. The summed E-state index contributed by atoms with van der Waals surface area (Å²) in [6.07, 6.45) is 0.964. The molecule has 2 aliphatic heterocycles. The molecule has 0 bridgehead atoms. The Balaban J connectivity index is 1.74. The van der Waals surface area contributed by atoms with Crippen molar-refractivity contribution < 1.29 is 4.79 Å². The Bertz CT molecular complexity index is 1050. The number of nitrogens with zero attached hydrogens (tertiary/aromatic N) is 3. The van der Waals surface area contributed by atoms with E-state index in [0.717, 1.165) is 29.9 Å². The van der Waals surface area contributed by atoms with Gasteiger partial charge in [-0.05, 0) is 36.2 Å². The van der Waals surface area contributed by atoms with E-state index >= 15 is 0 Å². The molecule has 2 aliphatic rings. The topological polar surface area (TPSA) is 96.2 Å². The second-order valence-corrected chi connectivity index (χ2v) is 6.59. The minimum atomic E-state index is -0.0638. The van der Waals surface area contributed by atoms with Gasteiger partial charge < -0.3 is 16.4 Å². The van der Waals surface area contributed by atoms with Crippen LogP contribution in [0.2, 0.25) is 0 Å². The second kappa shape index (κ2) is 5.98. The number of nitrogens with one attached hydrogen (secondary N) is 2. The van der Waals surface area contributed by atoms with Crippen molar-refractivity contribution in [1.82, 2.24) is 9.97 Å². The van der Waals surface area contributed by atoms with Gasteiger partial charge in [0.2, 0.25) is 5.95 Å². The van der Waals surface area contributed by atoms with E-state index in [0.29, 0.717) is 17.2 Å². The second-order valence-electron chi connectivity index (χ2n) is 6.59. The van der Waals surface area contributed by atoms with Crippen LogP contribution in [0.5, 0.6) is 0 Å². The number of para-hydroxylation sites is 1. The van der Waals surface area contributed by atoms with Crippen molar-refractivity contribution >= 4 is 34.7 Å². The Labute approximate surface area is 156 Å². The van der Waals surface area contributed by atoms with Crippen LogP contribution in [0.25, 0.3) is 11.3 Å². The lowest BCUT2D eigenvalue weighted by atomic mass is 10.0. The average Bonchev–Trinajstić information content (AvgIpc) is 3.16. The molecule has 2 aromatic carbocycles. The van der Waals surface area contributed by atoms with Crippen molar-refractivity contribution in [2.75, 3.05) is 34.4 Å². The fourth-order valence-electron chi connectivity index (χ4n) is 3.67. The van der Waals surface area contributed by atoms with Crippen molar-refractivity contribution in [2.24, 2.45) is 0 Å². The molecule has 0 saturated carbocycles. The maximum Gasteiger partial charge on any atom is 0.251 e. The lowest BCUT2D eigenvalue weighted by Gasteiger charge is -2.31. The number of nitrogens with two attached hydrogens (primary N) is 1. The van der Waals surface area contributed by atoms with Gasteiger partial charge in [-0.3, -0.25) is 9.69 Å². The molecule has 0 fully saturated rings. The minimum Gasteiger partial charge on any atom is -0.384 e. The molecule has 0 aliphatic carbocycles. The summed E-state index contributed by atoms with van der Waals surface area (Å²) in [7, 11) is 0. The van der Waals surface area contributed by atoms with E-state index in [-0.39, 0.29) is 18.4 Å². The van der Waals surface area contributed by atoms with Gasteiger partial charge in [0.05, 0.1) is 6.54 Å². The number of anilines is 5. The van der Waals surface area contributed by atoms with Crippen LogP contribution >= 0.6 is 0 Å². The first-order valence-electron chi connectivity index (χ1n) is 8.87. The van der Waals surface area contributed by atoms with Crippen molar-refractivity contribution in [1.29, 1.82) is 0 Å². The van der Waals surface area contributed by atoms with Crippen molar-refractivity contribution in [3.63, 3.8) is 0 Å². The summed E-state index contributed by atoms with van der Waals surface area (Å²) < 4.78 is 0. The van der Waals surface area contributed by atoms with Crippen molar-refractivity contribution in [2.45, 2.75) is 6.42 Å². The maximum atomic E-state index is 12.8. The number of hydrogen-bond acceptors (Lipinski definition) is 6. The van der Waals surface area contributed by atoms with Gasteiger partial charge in [0.1, 0.15) is 11.4 Å². The van der Waals surface area contributed by atoms with Crippen LogP contribution < -0.4 is 21.3 Å². The minimum absolute atomic E-state index is 0.0638. The number of nitrogen functional groups attached to an aromatic ring is 1. The number of benzene rings is 2. The normalized spacial score (nSPS) is 15.0. The first-order valence-corrected chi connectivity index (χ1v) is 8.87. The summed E-state index contributed by atoms with van der Waals surface area (Å²) >= 11 is 0. The summed E-state index contributed by atoms with van der Waals surface area (Å²) in [4.78, 5) is 23.3. The predicted molar refractivity (Wildman–Crippen MR) is 106 cm³/mol. The Morgan fingerprint density at radius 3 is 2.74 bits per heavy atom. The number of amides is 1. The molecular weight excluding hydrogens is 340 g/mol. The van der Waals surface area contributed by atoms with Crippen LogP contribution in [0.4, 0.5) is 28.8 Å². The third-order valence-corrected chi connectivity index (χ3v) is 4.88. The fraction of sp³-hybridized carbons (Fsp3) is 0.150. The molecule has 0 atom stereocenters. The summed E-state index contributed by atoms with van der Waals surface area (Å²) in [6, 6.07) is 15.7. The van der Waals surface area contributed by atoms with E-state index in [9.17, 15) is 4.79 Å². The van der Waals surface area contributed by atoms with Gasteiger partial charge in [-0.25, -0.2) is 4.98 Å². The third-order valence-electron chi connectivity index (χ3n) is 4.88. The monoisotopic (exact) mass is 358 g/mol. The van der Waals surface area contributed by atoms with Crippen molar-refractivity contribution in [3.05, 3.63) is 54.1 Å². The molecule has 5 rings (SSSR count). The zero-order valence-corrected chi connectivity index (χ0v) is 14.6. The Morgan fingerprint density at radius 1 is 1.04 bits per heavy atom. The Morgan fingerprint density at radius 2 is 1.89 bits per heavy atom. The predicted octanol–water partition coefficient (Wildman–Crippen LogP) is 2.78. The number of fused-ring (bicyclic) bond motifs is 2. The molecule has 0 spiro atoms. The number of carbonyl (C=O) groups excluding carboxylic acids is 1. The number of rotatable bonds is 2. The first kappa shape index (κ1) is 15.6. The van der Waals surface area contributed by atoms with Gasteiger partial charge in [-0.15, -0.1) is 0 Å². The van der Waals surface area contributed by atoms with Gasteiger partial charge in [0.15, 0.2) is 5.82 Å². The fourth-order valence-corrected chi connectivity index (χ4v) is 3.67. The van der Waals surface area contributed by atoms with Crippen LogP contribution in [0.15, 0.2) is 48.5 Å². The van der Waals surface area contributed by atoms with Crippen LogP contribution in [-0.4, -0.2) is 29.0 Å². The molecule has 0 radical (unpaired) electrons. The number of hydrogen-bond donors (Lipinski definition) is 3. The quantitative estimate of drug-likeness (QED) is 0.652. The van der Waals surface area contributed by atoms with Gasteiger partial charge >= 0.3 is 0 Å². The van der Waals surface area contributed by atoms with Crippen molar-refractivity contribution in [3.8, 4) is 11.3 Å². The zero-order valence-electron chi connectivity index (χ0n) is 14.6. The van der Waals surface area contributed by atoms with E-state index in [4.69, 9.17) is 5.73 Å². The van der Waals surface area contributed by atoms with Crippen LogP contribution in [0.1, 0.15) is 5.56 Å².